The van der Waals surface area contributed by atoms with E-state index in [2.05, 4.69) is 37.3 Å². The van der Waals surface area contributed by atoms with Gasteiger partial charge in [-0.2, -0.15) is 0 Å². The first-order valence-electron chi connectivity index (χ1n) is 4.84. The zero-order valence-electron chi connectivity index (χ0n) is 9.14. The lowest BCUT2D eigenvalue weighted by Gasteiger charge is -2.08. The van der Waals surface area contributed by atoms with Gasteiger partial charge in [-0.1, -0.05) is 23.2 Å². The van der Waals surface area contributed by atoms with Crippen LogP contribution in [0.2, 0.25) is 10.2 Å². The second-order valence-corrected chi connectivity index (χ2v) is 7.05. The Balaban J connectivity index is 2.36. The first-order valence-corrected chi connectivity index (χ1v) is 8.16. The summed E-state index contributed by atoms with van der Waals surface area (Å²) in [5, 5.41) is -0.0600. The lowest BCUT2D eigenvalue weighted by Crippen LogP contribution is -2.14. The van der Waals surface area contributed by atoms with Gasteiger partial charge >= 0.3 is 0 Å². The molecule has 0 amide bonds. The fourth-order valence-corrected chi connectivity index (χ4v) is 2.93. The van der Waals surface area contributed by atoms with E-state index in [1.54, 1.807) is 12.1 Å². The monoisotopic (exact) mass is 429 g/mol. The second kappa shape index (κ2) is 5.78. The lowest BCUT2D eigenvalue weighted by molar-refractivity contribution is 0.601. The molecule has 19 heavy (non-hydrogen) atoms. The van der Waals surface area contributed by atoms with E-state index in [9.17, 15) is 8.42 Å². The number of nitrogens with one attached hydrogen (secondary N) is 1. The molecule has 1 N–H and O–H groups in total. The molecule has 0 aliphatic heterocycles. The molecule has 0 saturated carbocycles. The number of rotatable bonds is 3. The van der Waals surface area contributed by atoms with E-state index in [1.165, 1.54) is 12.1 Å². The van der Waals surface area contributed by atoms with Crippen LogP contribution >= 0.6 is 45.8 Å². The predicted octanol–water partition coefficient (Wildman–Crippen LogP) is 3.19. The molecular formula is C10H6Cl2IN3O2S. The average Bonchev–Trinajstić information content (AvgIpc) is 2.35. The van der Waals surface area contributed by atoms with Crippen LogP contribution in [0.3, 0.4) is 0 Å². The summed E-state index contributed by atoms with van der Waals surface area (Å²) in [5.74, 6) is -0.0554. The Hall–Kier alpha value is -0.640. The molecule has 0 spiro atoms. The largest absolute Gasteiger partial charge is 0.263 e. The summed E-state index contributed by atoms with van der Waals surface area (Å²) in [5.41, 5.74) is 0. The van der Waals surface area contributed by atoms with Crippen LogP contribution in [0, 0.1) is 3.57 Å². The molecule has 0 radical (unpaired) electrons. The molecule has 0 bridgehead atoms. The highest BCUT2D eigenvalue weighted by molar-refractivity contribution is 14.1. The maximum absolute atomic E-state index is 12.1. The molecule has 0 unspecified atom stereocenters. The molecule has 1 heterocycles. The summed E-state index contributed by atoms with van der Waals surface area (Å²) >= 11 is 13.6. The van der Waals surface area contributed by atoms with Gasteiger partial charge in [-0.3, -0.25) is 4.72 Å². The number of aromatic nitrogens is 2. The third-order valence-electron chi connectivity index (χ3n) is 2.10. The van der Waals surface area contributed by atoms with Crippen molar-refractivity contribution in [3.8, 4) is 0 Å². The number of halogens is 3. The summed E-state index contributed by atoms with van der Waals surface area (Å²) in [6.07, 6.45) is 1.12. The maximum Gasteiger partial charge on any atom is 0.263 e. The summed E-state index contributed by atoms with van der Waals surface area (Å²) in [6.45, 7) is 0. The van der Waals surface area contributed by atoms with Gasteiger partial charge in [0.05, 0.1) is 4.90 Å². The van der Waals surface area contributed by atoms with Gasteiger partial charge < -0.3 is 0 Å². The van der Waals surface area contributed by atoms with Crippen LogP contribution < -0.4 is 4.72 Å². The summed E-state index contributed by atoms with van der Waals surface area (Å²) in [6, 6.07) is 6.34. The van der Waals surface area contributed by atoms with Crippen molar-refractivity contribution in [1.29, 1.82) is 0 Å². The van der Waals surface area contributed by atoms with Gasteiger partial charge in [0.2, 0.25) is 0 Å². The first-order chi connectivity index (χ1) is 8.90. The minimum Gasteiger partial charge on any atom is -0.262 e. The molecule has 1 aromatic heterocycles. The molecule has 1 aromatic carbocycles. The molecule has 9 heteroatoms. The van der Waals surface area contributed by atoms with E-state index in [0.717, 1.165) is 9.90 Å². The standard InChI is InChI=1S/C10H6Cl2IN3O2S/c11-8-9(12)14-5-15-10(8)16-19(17,18)7-3-1-6(13)2-4-7/h1-5H,(H,14,15,16). The van der Waals surface area contributed by atoms with Crippen molar-refractivity contribution in [2.45, 2.75) is 4.90 Å². The fourth-order valence-electron chi connectivity index (χ4n) is 1.22. The van der Waals surface area contributed by atoms with E-state index < -0.39 is 10.0 Å². The van der Waals surface area contributed by atoms with Crippen LogP contribution in [-0.2, 0) is 10.0 Å². The van der Waals surface area contributed by atoms with Gasteiger partial charge in [0, 0.05) is 3.57 Å². The fraction of sp³-hybridized carbons (Fsp3) is 0. The normalized spacial score (nSPS) is 11.3. The van der Waals surface area contributed by atoms with E-state index >= 15 is 0 Å². The summed E-state index contributed by atoms with van der Waals surface area (Å²) in [7, 11) is -3.76. The van der Waals surface area contributed by atoms with Crippen LogP contribution in [0.1, 0.15) is 0 Å². The molecule has 0 saturated heterocycles. The second-order valence-electron chi connectivity index (χ2n) is 3.39. The van der Waals surface area contributed by atoms with Gasteiger partial charge in [0.25, 0.3) is 10.0 Å². The van der Waals surface area contributed by atoms with Crippen molar-refractivity contribution in [2.75, 3.05) is 4.72 Å². The molecule has 2 aromatic rings. The van der Waals surface area contributed by atoms with Crippen LogP contribution in [0.25, 0.3) is 0 Å². The van der Waals surface area contributed by atoms with Gasteiger partial charge in [0.15, 0.2) is 11.0 Å². The van der Waals surface area contributed by atoms with Gasteiger partial charge in [-0.25, -0.2) is 18.4 Å². The minimum absolute atomic E-state index is 0.0167. The van der Waals surface area contributed by atoms with Crippen LogP contribution in [0.4, 0.5) is 5.82 Å². The Bertz CT molecular complexity index is 707. The zero-order chi connectivity index (χ0) is 14.0. The minimum atomic E-state index is -3.76. The molecule has 0 aliphatic rings. The quantitative estimate of drug-likeness (QED) is 0.600. The van der Waals surface area contributed by atoms with Crippen molar-refractivity contribution < 1.29 is 8.42 Å². The third kappa shape index (κ3) is 3.47. The maximum atomic E-state index is 12.1. The van der Waals surface area contributed by atoms with Crippen molar-refractivity contribution >= 4 is 61.6 Å². The molecule has 0 aliphatic carbocycles. The van der Waals surface area contributed by atoms with Crippen molar-refractivity contribution in [3.63, 3.8) is 0 Å². The molecule has 0 atom stereocenters. The number of nitrogens with zero attached hydrogens (tertiary/aromatic N) is 2. The lowest BCUT2D eigenvalue weighted by atomic mass is 10.4. The first kappa shape index (κ1) is 14.8. The topological polar surface area (TPSA) is 72.0 Å². The van der Waals surface area contributed by atoms with Crippen molar-refractivity contribution in [2.24, 2.45) is 0 Å². The number of hydrogen-bond donors (Lipinski definition) is 1. The average molecular weight is 430 g/mol. The number of benzene rings is 1. The zero-order valence-corrected chi connectivity index (χ0v) is 13.6. The highest BCUT2D eigenvalue weighted by atomic mass is 127. The Morgan fingerprint density at radius 1 is 1.11 bits per heavy atom. The van der Waals surface area contributed by atoms with Gasteiger partial charge in [-0.15, -0.1) is 0 Å². The number of hydrogen-bond acceptors (Lipinski definition) is 4. The Morgan fingerprint density at radius 3 is 2.37 bits per heavy atom. The van der Waals surface area contributed by atoms with E-state index in [1.807, 2.05) is 0 Å². The highest BCUT2D eigenvalue weighted by Crippen LogP contribution is 2.27. The molecule has 0 fully saturated rings. The highest BCUT2D eigenvalue weighted by Gasteiger charge is 2.17. The predicted molar refractivity (Wildman–Crippen MR) is 82.0 cm³/mol. The van der Waals surface area contributed by atoms with E-state index in [4.69, 9.17) is 23.2 Å². The van der Waals surface area contributed by atoms with Crippen LogP contribution in [0.15, 0.2) is 35.5 Å². The third-order valence-corrected chi connectivity index (χ3v) is 4.92. The Labute approximate surface area is 133 Å². The smallest absolute Gasteiger partial charge is 0.262 e. The summed E-state index contributed by atoms with van der Waals surface area (Å²) < 4.78 is 27.4. The molecule has 2 rings (SSSR count). The molecule has 5 nitrogen and oxygen atoms in total. The summed E-state index contributed by atoms with van der Waals surface area (Å²) in [4.78, 5) is 7.50. The van der Waals surface area contributed by atoms with Crippen molar-refractivity contribution in [1.82, 2.24) is 9.97 Å². The number of sulfonamides is 1. The van der Waals surface area contributed by atoms with Crippen molar-refractivity contribution in [3.05, 3.63) is 44.3 Å². The van der Waals surface area contributed by atoms with Gasteiger partial charge in [-0.05, 0) is 46.9 Å². The number of anilines is 1. The molecule has 100 valence electrons. The Morgan fingerprint density at radius 2 is 1.74 bits per heavy atom. The SMILES string of the molecule is O=S(=O)(Nc1ncnc(Cl)c1Cl)c1ccc(I)cc1. The van der Waals surface area contributed by atoms with Crippen LogP contribution in [0.5, 0.6) is 0 Å². The van der Waals surface area contributed by atoms with Gasteiger partial charge in [0.1, 0.15) is 11.3 Å². The Kier molecular flexibility index (Phi) is 4.49. The van der Waals surface area contributed by atoms with Crippen LogP contribution in [-0.4, -0.2) is 18.4 Å². The molecular weight excluding hydrogens is 424 g/mol. The van der Waals surface area contributed by atoms with E-state index in [-0.39, 0.29) is 20.9 Å². The van der Waals surface area contributed by atoms with E-state index in [0.29, 0.717) is 0 Å².